The van der Waals surface area contributed by atoms with Gasteiger partial charge in [0.25, 0.3) is 0 Å². The summed E-state index contributed by atoms with van der Waals surface area (Å²) in [6.45, 7) is 5.54. The number of hydrogen-bond acceptors (Lipinski definition) is 3. The number of rotatable bonds is 2. The van der Waals surface area contributed by atoms with Crippen molar-refractivity contribution in [3.63, 3.8) is 0 Å². The molecule has 0 aliphatic carbocycles. The Morgan fingerprint density at radius 2 is 2.21 bits per heavy atom. The molecule has 4 heteroatoms. The molecular weight excluding hydrogens is 200 g/mol. The van der Waals surface area contributed by atoms with E-state index in [4.69, 9.17) is 21.6 Å². The molecule has 0 saturated carbocycles. The lowest BCUT2D eigenvalue weighted by Gasteiger charge is -2.10. The second-order valence-electron chi connectivity index (χ2n) is 3.19. The normalized spacial score (nSPS) is 10.0. The number of hydrogen-bond donors (Lipinski definition) is 0. The Hall–Kier alpha value is -1.27. The molecule has 0 atom stereocenters. The summed E-state index contributed by atoms with van der Waals surface area (Å²) in [7, 11) is 0. The lowest BCUT2D eigenvalue weighted by molar-refractivity contribution is 0.232. The minimum Gasteiger partial charge on any atom is -0.474 e. The van der Waals surface area contributed by atoms with Crippen LogP contribution in [0.5, 0.6) is 5.88 Å². The molecule has 0 N–H and O–H groups in total. The van der Waals surface area contributed by atoms with Gasteiger partial charge in [-0.2, -0.15) is 5.26 Å². The number of nitrogens with zero attached hydrogens (tertiary/aromatic N) is 2. The lowest BCUT2D eigenvalue weighted by Crippen LogP contribution is -2.08. The first kappa shape index (κ1) is 10.8. The van der Waals surface area contributed by atoms with Crippen LogP contribution >= 0.6 is 11.6 Å². The van der Waals surface area contributed by atoms with Crippen molar-refractivity contribution < 1.29 is 4.74 Å². The van der Waals surface area contributed by atoms with Crippen LogP contribution in [-0.2, 0) is 0 Å². The maximum atomic E-state index is 8.73. The van der Waals surface area contributed by atoms with Crippen LogP contribution in [0, 0.1) is 18.3 Å². The molecule has 0 aromatic carbocycles. The SMILES string of the molecule is Cc1nc(OC(C)C)c(Cl)cc1C#N. The van der Waals surface area contributed by atoms with Gasteiger partial charge in [0.15, 0.2) is 0 Å². The van der Waals surface area contributed by atoms with E-state index in [1.807, 2.05) is 19.9 Å². The van der Waals surface area contributed by atoms with Crippen molar-refractivity contribution in [2.45, 2.75) is 26.9 Å². The molecule has 0 amide bonds. The van der Waals surface area contributed by atoms with E-state index in [0.717, 1.165) is 0 Å². The van der Waals surface area contributed by atoms with Gasteiger partial charge < -0.3 is 4.74 Å². The van der Waals surface area contributed by atoms with Gasteiger partial charge in [-0.1, -0.05) is 11.6 Å². The highest BCUT2D eigenvalue weighted by Gasteiger charge is 2.09. The Kier molecular flexibility index (Phi) is 3.32. The van der Waals surface area contributed by atoms with Crippen LogP contribution in [-0.4, -0.2) is 11.1 Å². The average molecular weight is 211 g/mol. The van der Waals surface area contributed by atoms with Crippen molar-refractivity contribution in [3.05, 3.63) is 22.3 Å². The highest BCUT2D eigenvalue weighted by atomic mass is 35.5. The summed E-state index contributed by atoms with van der Waals surface area (Å²) in [6.07, 6.45) is 0.0207. The first-order valence-electron chi connectivity index (χ1n) is 4.28. The van der Waals surface area contributed by atoms with Gasteiger partial charge in [-0.15, -0.1) is 0 Å². The second-order valence-corrected chi connectivity index (χ2v) is 3.59. The third-order valence-corrected chi connectivity index (χ3v) is 1.87. The highest BCUT2D eigenvalue weighted by molar-refractivity contribution is 6.31. The number of ether oxygens (including phenoxy) is 1. The minimum absolute atomic E-state index is 0.0207. The molecule has 1 aromatic rings. The summed E-state index contributed by atoms with van der Waals surface area (Å²) in [4.78, 5) is 4.11. The molecular formula is C10H11ClN2O. The number of nitriles is 1. The predicted molar refractivity (Wildman–Crippen MR) is 54.5 cm³/mol. The van der Waals surface area contributed by atoms with E-state index in [-0.39, 0.29) is 6.10 Å². The molecule has 3 nitrogen and oxygen atoms in total. The van der Waals surface area contributed by atoms with E-state index in [9.17, 15) is 0 Å². The Morgan fingerprint density at radius 1 is 1.57 bits per heavy atom. The summed E-state index contributed by atoms with van der Waals surface area (Å²) in [5, 5.41) is 9.10. The van der Waals surface area contributed by atoms with Gasteiger partial charge in [0, 0.05) is 0 Å². The zero-order valence-corrected chi connectivity index (χ0v) is 9.09. The van der Waals surface area contributed by atoms with Gasteiger partial charge in [0.05, 0.1) is 17.4 Å². The molecule has 0 unspecified atom stereocenters. The number of halogens is 1. The molecule has 0 bridgehead atoms. The number of pyridine rings is 1. The monoisotopic (exact) mass is 210 g/mol. The second kappa shape index (κ2) is 4.30. The highest BCUT2D eigenvalue weighted by Crippen LogP contribution is 2.25. The average Bonchev–Trinajstić information content (AvgIpc) is 2.10. The molecule has 0 radical (unpaired) electrons. The fourth-order valence-electron chi connectivity index (χ4n) is 0.978. The molecule has 0 saturated heterocycles. The van der Waals surface area contributed by atoms with Gasteiger partial charge in [-0.25, -0.2) is 4.98 Å². The third kappa shape index (κ3) is 2.36. The van der Waals surface area contributed by atoms with Crippen LogP contribution in [0.1, 0.15) is 25.1 Å². The number of aromatic nitrogens is 1. The van der Waals surface area contributed by atoms with Crippen LogP contribution in [0.15, 0.2) is 6.07 Å². The van der Waals surface area contributed by atoms with Crippen molar-refractivity contribution in [1.29, 1.82) is 5.26 Å². The Balaban J connectivity index is 3.10. The molecule has 1 rings (SSSR count). The van der Waals surface area contributed by atoms with E-state index in [0.29, 0.717) is 22.2 Å². The summed E-state index contributed by atoms with van der Waals surface area (Å²) in [5.74, 6) is 0.387. The maximum absolute atomic E-state index is 8.73. The molecule has 0 spiro atoms. The van der Waals surface area contributed by atoms with Gasteiger partial charge in [0.2, 0.25) is 5.88 Å². The van der Waals surface area contributed by atoms with Gasteiger partial charge in [-0.05, 0) is 26.8 Å². The Labute approximate surface area is 88.3 Å². The van der Waals surface area contributed by atoms with Crippen molar-refractivity contribution in [1.82, 2.24) is 4.98 Å². The molecule has 0 fully saturated rings. The Bertz CT molecular complexity index is 382. The standard InChI is InChI=1S/C10H11ClN2O/c1-6(2)14-10-9(11)4-8(5-12)7(3)13-10/h4,6H,1-3H3. The number of aryl methyl sites for hydroxylation is 1. The van der Waals surface area contributed by atoms with Crippen LogP contribution in [0.4, 0.5) is 0 Å². The van der Waals surface area contributed by atoms with Crippen LogP contribution < -0.4 is 4.74 Å². The quantitative estimate of drug-likeness (QED) is 0.754. The van der Waals surface area contributed by atoms with Crippen molar-refractivity contribution in [2.75, 3.05) is 0 Å². The first-order valence-corrected chi connectivity index (χ1v) is 4.66. The molecule has 1 aromatic heterocycles. The van der Waals surface area contributed by atoms with Crippen molar-refractivity contribution in [3.8, 4) is 11.9 Å². The Morgan fingerprint density at radius 3 is 2.71 bits per heavy atom. The lowest BCUT2D eigenvalue weighted by atomic mass is 10.2. The topological polar surface area (TPSA) is 45.9 Å². The van der Waals surface area contributed by atoms with E-state index in [2.05, 4.69) is 4.98 Å². The zero-order valence-electron chi connectivity index (χ0n) is 8.34. The van der Waals surface area contributed by atoms with Gasteiger partial charge in [-0.3, -0.25) is 0 Å². The van der Waals surface area contributed by atoms with Crippen LogP contribution in [0.3, 0.4) is 0 Å². The van der Waals surface area contributed by atoms with Gasteiger partial charge >= 0.3 is 0 Å². The van der Waals surface area contributed by atoms with Crippen LogP contribution in [0.25, 0.3) is 0 Å². The summed E-state index contributed by atoms with van der Waals surface area (Å²) in [6, 6.07) is 3.59. The summed E-state index contributed by atoms with van der Waals surface area (Å²) >= 11 is 5.89. The maximum Gasteiger partial charge on any atom is 0.233 e. The smallest absolute Gasteiger partial charge is 0.233 e. The molecule has 0 aliphatic heterocycles. The zero-order chi connectivity index (χ0) is 10.7. The minimum atomic E-state index is 0.0207. The van der Waals surface area contributed by atoms with Crippen LogP contribution in [0.2, 0.25) is 5.02 Å². The predicted octanol–water partition coefficient (Wildman–Crippen LogP) is 2.70. The molecule has 0 aliphatic rings. The van der Waals surface area contributed by atoms with E-state index in [1.54, 1.807) is 13.0 Å². The van der Waals surface area contributed by atoms with Gasteiger partial charge in [0.1, 0.15) is 11.1 Å². The summed E-state index contributed by atoms with van der Waals surface area (Å²) in [5.41, 5.74) is 1.11. The van der Waals surface area contributed by atoms with E-state index in [1.165, 1.54) is 0 Å². The van der Waals surface area contributed by atoms with Crippen molar-refractivity contribution in [2.24, 2.45) is 0 Å². The molecule has 1 heterocycles. The van der Waals surface area contributed by atoms with Crippen molar-refractivity contribution >= 4 is 11.6 Å². The summed E-state index contributed by atoms with van der Waals surface area (Å²) < 4.78 is 5.37. The van der Waals surface area contributed by atoms with E-state index < -0.39 is 0 Å². The molecule has 74 valence electrons. The fraction of sp³-hybridized carbons (Fsp3) is 0.400. The largest absolute Gasteiger partial charge is 0.474 e. The molecule has 14 heavy (non-hydrogen) atoms. The third-order valence-electron chi connectivity index (χ3n) is 1.60. The first-order chi connectivity index (χ1) is 6.54. The van der Waals surface area contributed by atoms with E-state index >= 15 is 0 Å². The fourth-order valence-corrected chi connectivity index (χ4v) is 1.17.